The van der Waals surface area contributed by atoms with Gasteiger partial charge in [0, 0.05) is 33.2 Å². The van der Waals surface area contributed by atoms with Crippen molar-refractivity contribution in [2.75, 3.05) is 53.4 Å². The first-order valence-electron chi connectivity index (χ1n) is 9.40. The molecule has 28 heavy (non-hydrogen) atoms. The zero-order chi connectivity index (χ0) is 19.7. The van der Waals surface area contributed by atoms with Crippen molar-refractivity contribution in [3.8, 4) is 0 Å². The van der Waals surface area contributed by atoms with E-state index in [4.69, 9.17) is 0 Å². The van der Waals surface area contributed by atoms with Gasteiger partial charge in [0.2, 0.25) is 0 Å². The van der Waals surface area contributed by atoms with Crippen LogP contribution in [-0.2, 0) is 12.7 Å². The Labute approximate surface area is 182 Å². The fraction of sp³-hybridized carbons (Fsp3) is 0.632. The van der Waals surface area contributed by atoms with Gasteiger partial charge in [-0.25, -0.2) is 0 Å². The molecule has 2 rings (SSSR count). The van der Waals surface area contributed by atoms with Crippen LogP contribution in [0.2, 0.25) is 0 Å². The summed E-state index contributed by atoms with van der Waals surface area (Å²) in [6.07, 6.45) is -2.07. The van der Waals surface area contributed by atoms with Crippen LogP contribution in [0, 0.1) is 0 Å². The molecular weight excluding hydrogens is 482 g/mol. The second-order valence-electron chi connectivity index (χ2n) is 6.90. The van der Waals surface area contributed by atoms with E-state index in [2.05, 4.69) is 32.5 Å². The summed E-state index contributed by atoms with van der Waals surface area (Å²) in [5.74, 6) is 0.658. The third-order valence-electron chi connectivity index (χ3n) is 4.72. The number of hydrogen-bond acceptors (Lipinski definition) is 3. The van der Waals surface area contributed by atoms with Crippen molar-refractivity contribution < 1.29 is 13.2 Å². The first-order valence-corrected chi connectivity index (χ1v) is 9.40. The number of guanidine groups is 1. The van der Waals surface area contributed by atoms with Gasteiger partial charge in [-0.2, -0.15) is 13.2 Å². The van der Waals surface area contributed by atoms with E-state index in [1.54, 1.807) is 7.05 Å². The van der Waals surface area contributed by atoms with Crippen LogP contribution in [0.25, 0.3) is 0 Å². The number of hydrogen-bond donors (Lipinski definition) is 2. The maximum atomic E-state index is 12.6. The van der Waals surface area contributed by atoms with Crippen LogP contribution < -0.4 is 10.6 Å². The number of nitrogens with one attached hydrogen (secondary N) is 2. The Balaban J connectivity index is 0.00000392. The molecule has 1 fully saturated rings. The number of aliphatic imine (C=N–C) groups is 1. The average molecular weight is 513 g/mol. The summed E-state index contributed by atoms with van der Waals surface area (Å²) in [7, 11) is 3.85. The molecule has 0 saturated carbocycles. The SMILES string of the molecule is CN=C(NCCCN1CCCN(C)CC1)NCc1ccc(C(F)(F)F)cc1.I. The van der Waals surface area contributed by atoms with Crippen LogP contribution in [-0.4, -0.2) is 69.1 Å². The Kier molecular flexibility index (Phi) is 11.1. The first-order chi connectivity index (χ1) is 12.9. The fourth-order valence-electron chi connectivity index (χ4n) is 3.05. The van der Waals surface area contributed by atoms with Gasteiger partial charge in [-0.05, 0) is 57.2 Å². The highest BCUT2D eigenvalue weighted by Crippen LogP contribution is 2.28. The molecule has 0 aliphatic carbocycles. The van der Waals surface area contributed by atoms with Gasteiger partial charge in [0.1, 0.15) is 0 Å². The lowest BCUT2D eigenvalue weighted by Gasteiger charge is -2.20. The zero-order valence-corrected chi connectivity index (χ0v) is 18.9. The molecule has 9 heteroatoms. The highest BCUT2D eigenvalue weighted by atomic mass is 127. The summed E-state index contributed by atoms with van der Waals surface area (Å²) in [6, 6.07) is 5.18. The van der Waals surface area contributed by atoms with Crippen molar-refractivity contribution in [2.24, 2.45) is 4.99 Å². The Morgan fingerprint density at radius 3 is 2.43 bits per heavy atom. The van der Waals surface area contributed by atoms with Gasteiger partial charge in [-0.1, -0.05) is 12.1 Å². The number of nitrogens with zero attached hydrogens (tertiary/aromatic N) is 3. The van der Waals surface area contributed by atoms with Crippen molar-refractivity contribution in [1.29, 1.82) is 0 Å². The van der Waals surface area contributed by atoms with Gasteiger partial charge >= 0.3 is 6.18 Å². The summed E-state index contributed by atoms with van der Waals surface area (Å²) in [5.41, 5.74) is 0.146. The molecule has 1 aliphatic rings. The molecule has 0 spiro atoms. The summed E-state index contributed by atoms with van der Waals surface area (Å²) < 4.78 is 37.8. The lowest BCUT2D eigenvalue weighted by Crippen LogP contribution is -2.38. The monoisotopic (exact) mass is 513 g/mol. The minimum Gasteiger partial charge on any atom is -0.356 e. The van der Waals surface area contributed by atoms with Gasteiger partial charge in [0.05, 0.1) is 5.56 Å². The van der Waals surface area contributed by atoms with E-state index < -0.39 is 11.7 Å². The molecule has 0 atom stereocenters. The Morgan fingerprint density at radius 1 is 1.07 bits per heavy atom. The molecule has 1 aromatic carbocycles. The predicted octanol–water partition coefficient (Wildman–Crippen LogP) is 3.02. The van der Waals surface area contributed by atoms with Crippen molar-refractivity contribution in [1.82, 2.24) is 20.4 Å². The minimum atomic E-state index is -4.30. The normalized spacial score (nSPS) is 17.0. The van der Waals surface area contributed by atoms with Crippen LogP contribution in [0.3, 0.4) is 0 Å². The van der Waals surface area contributed by atoms with E-state index >= 15 is 0 Å². The molecular formula is C19H31F3IN5. The van der Waals surface area contributed by atoms with Crippen LogP contribution >= 0.6 is 24.0 Å². The molecule has 2 N–H and O–H groups in total. The largest absolute Gasteiger partial charge is 0.416 e. The molecule has 1 aliphatic heterocycles. The van der Waals surface area contributed by atoms with Crippen LogP contribution in [0.5, 0.6) is 0 Å². The molecule has 0 amide bonds. The Morgan fingerprint density at radius 2 is 1.79 bits per heavy atom. The molecule has 1 aromatic rings. The highest BCUT2D eigenvalue weighted by molar-refractivity contribution is 14.0. The number of likely N-dealkylation sites (N-methyl/N-ethyl adjacent to an activating group) is 1. The summed E-state index contributed by atoms with van der Waals surface area (Å²) in [4.78, 5) is 9.02. The lowest BCUT2D eigenvalue weighted by molar-refractivity contribution is -0.137. The van der Waals surface area contributed by atoms with Crippen molar-refractivity contribution >= 4 is 29.9 Å². The smallest absolute Gasteiger partial charge is 0.356 e. The minimum absolute atomic E-state index is 0. The van der Waals surface area contributed by atoms with Crippen LogP contribution in [0.15, 0.2) is 29.3 Å². The van der Waals surface area contributed by atoms with E-state index in [0.29, 0.717) is 12.5 Å². The number of halogens is 4. The number of benzene rings is 1. The molecule has 0 unspecified atom stereocenters. The molecule has 0 aromatic heterocycles. The number of rotatable bonds is 6. The van der Waals surface area contributed by atoms with E-state index in [0.717, 1.165) is 63.4 Å². The molecule has 0 radical (unpaired) electrons. The molecule has 1 saturated heterocycles. The van der Waals surface area contributed by atoms with Crippen LogP contribution in [0.4, 0.5) is 13.2 Å². The van der Waals surface area contributed by atoms with Gasteiger partial charge in [0.25, 0.3) is 0 Å². The van der Waals surface area contributed by atoms with E-state index in [1.165, 1.54) is 18.6 Å². The summed E-state index contributed by atoms with van der Waals surface area (Å²) in [6.45, 7) is 6.81. The van der Waals surface area contributed by atoms with E-state index in [9.17, 15) is 13.2 Å². The van der Waals surface area contributed by atoms with Crippen molar-refractivity contribution in [3.63, 3.8) is 0 Å². The Bertz CT molecular complexity index is 592. The van der Waals surface area contributed by atoms with Gasteiger partial charge in [-0.3, -0.25) is 4.99 Å². The summed E-state index contributed by atoms with van der Waals surface area (Å²) in [5, 5.41) is 6.40. The van der Waals surface area contributed by atoms with Gasteiger partial charge < -0.3 is 20.4 Å². The van der Waals surface area contributed by atoms with E-state index in [-0.39, 0.29) is 24.0 Å². The Hall–Kier alpha value is -1.07. The predicted molar refractivity (Wildman–Crippen MR) is 118 cm³/mol. The molecule has 1 heterocycles. The lowest BCUT2D eigenvalue weighted by atomic mass is 10.1. The second kappa shape index (κ2) is 12.5. The van der Waals surface area contributed by atoms with Crippen molar-refractivity contribution in [3.05, 3.63) is 35.4 Å². The second-order valence-corrected chi connectivity index (χ2v) is 6.90. The van der Waals surface area contributed by atoms with E-state index in [1.807, 2.05) is 0 Å². The topological polar surface area (TPSA) is 42.9 Å². The highest BCUT2D eigenvalue weighted by Gasteiger charge is 2.29. The standard InChI is InChI=1S/C19H30F3N5.HI/c1-23-18(24-9-3-11-27-12-4-10-26(2)13-14-27)25-15-16-5-7-17(8-6-16)19(20,21)22;/h5-8H,3-4,9-15H2,1-2H3,(H2,23,24,25);1H. The van der Waals surface area contributed by atoms with Crippen molar-refractivity contribution in [2.45, 2.75) is 25.6 Å². The van der Waals surface area contributed by atoms with Gasteiger partial charge in [0.15, 0.2) is 5.96 Å². The van der Waals surface area contributed by atoms with Crippen LogP contribution in [0.1, 0.15) is 24.0 Å². The molecule has 160 valence electrons. The first kappa shape index (κ1) is 25.0. The molecule has 0 bridgehead atoms. The molecule has 5 nitrogen and oxygen atoms in total. The maximum Gasteiger partial charge on any atom is 0.416 e. The number of alkyl halides is 3. The third kappa shape index (κ3) is 8.95. The quantitative estimate of drug-likeness (QED) is 0.266. The average Bonchev–Trinajstić information content (AvgIpc) is 2.85. The zero-order valence-electron chi connectivity index (χ0n) is 16.6. The fourth-order valence-corrected chi connectivity index (χ4v) is 3.05. The van der Waals surface area contributed by atoms with Gasteiger partial charge in [-0.15, -0.1) is 24.0 Å². The summed E-state index contributed by atoms with van der Waals surface area (Å²) >= 11 is 0. The maximum absolute atomic E-state index is 12.6. The third-order valence-corrected chi connectivity index (χ3v) is 4.72.